The molecular formula is C15H23NO5. The second-order valence-corrected chi connectivity index (χ2v) is 4.79. The summed E-state index contributed by atoms with van der Waals surface area (Å²) in [5.74, 6) is -0.492. The second kappa shape index (κ2) is 9.46. The van der Waals surface area contributed by atoms with Gasteiger partial charge >= 0.3 is 5.97 Å². The predicted octanol–water partition coefficient (Wildman–Crippen LogP) is 1.04. The molecule has 1 aromatic carbocycles. The number of benzene rings is 1. The molecule has 0 aromatic heterocycles. The lowest BCUT2D eigenvalue weighted by Crippen LogP contribution is -2.48. The van der Waals surface area contributed by atoms with Gasteiger partial charge in [-0.15, -0.1) is 0 Å². The summed E-state index contributed by atoms with van der Waals surface area (Å²) in [6.07, 6.45) is -1.49. The highest BCUT2D eigenvalue weighted by molar-refractivity contribution is 5.76. The van der Waals surface area contributed by atoms with E-state index in [2.05, 4.69) is 10.1 Å². The van der Waals surface area contributed by atoms with Gasteiger partial charge in [-0.05, 0) is 19.4 Å². The number of aliphatic hydroxyl groups is 1. The smallest absolute Gasteiger partial charge is 0.325 e. The molecule has 0 aliphatic carbocycles. The zero-order valence-electron chi connectivity index (χ0n) is 12.6. The van der Waals surface area contributed by atoms with Gasteiger partial charge in [-0.2, -0.15) is 0 Å². The molecule has 1 rings (SSSR count). The fourth-order valence-corrected chi connectivity index (χ4v) is 1.61. The van der Waals surface area contributed by atoms with Gasteiger partial charge in [0.15, 0.2) is 0 Å². The summed E-state index contributed by atoms with van der Waals surface area (Å²) in [6.45, 7) is 3.96. The van der Waals surface area contributed by atoms with Crippen LogP contribution in [0.2, 0.25) is 0 Å². The molecule has 0 aliphatic heterocycles. The quantitative estimate of drug-likeness (QED) is 0.524. The Hall–Kier alpha value is -1.47. The van der Waals surface area contributed by atoms with Crippen molar-refractivity contribution in [2.75, 3.05) is 13.7 Å². The van der Waals surface area contributed by atoms with Gasteiger partial charge in [-0.3, -0.25) is 10.1 Å². The highest BCUT2D eigenvalue weighted by Gasteiger charge is 2.23. The molecule has 0 spiro atoms. The van der Waals surface area contributed by atoms with E-state index < -0.39 is 18.4 Å². The van der Waals surface area contributed by atoms with Crippen LogP contribution in [0, 0.1) is 0 Å². The van der Waals surface area contributed by atoms with Crippen LogP contribution in [0.5, 0.6) is 0 Å². The molecule has 1 aromatic rings. The summed E-state index contributed by atoms with van der Waals surface area (Å²) in [6, 6.07) is 8.80. The minimum atomic E-state index is -1.25. The summed E-state index contributed by atoms with van der Waals surface area (Å²) < 4.78 is 15.3. The van der Waals surface area contributed by atoms with Crippen molar-refractivity contribution in [3.63, 3.8) is 0 Å². The third kappa shape index (κ3) is 7.19. The summed E-state index contributed by atoms with van der Waals surface area (Å²) >= 11 is 0. The van der Waals surface area contributed by atoms with Crippen molar-refractivity contribution in [2.45, 2.75) is 39.0 Å². The molecule has 0 saturated heterocycles. The number of rotatable bonds is 9. The number of hydrogen-bond acceptors (Lipinski definition) is 6. The number of aliphatic hydroxyl groups excluding tert-OH is 1. The van der Waals surface area contributed by atoms with Gasteiger partial charge in [-0.1, -0.05) is 30.3 Å². The minimum Gasteiger partial charge on any atom is -0.462 e. The average Bonchev–Trinajstić information content (AvgIpc) is 2.46. The predicted molar refractivity (Wildman–Crippen MR) is 77.3 cm³/mol. The van der Waals surface area contributed by atoms with Gasteiger partial charge in [0.2, 0.25) is 6.41 Å². The normalized spacial score (nSPS) is 14.0. The molecule has 6 nitrogen and oxygen atoms in total. The van der Waals surface area contributed by atoms with E-state index in [1.165, 1.54) is 7.11 Å². The third-order valence-electron chi connectivity index (χ3n) is 2.60. The van der Waals surface area contributed by atoms with Crippen molar-refractivity contribution in [3.05, 3.63) is 35.9 Å². The van der Waals surface area contributed by atoms with E-state index in [9.17, 15) is 9.90 Å². The maximum absolute atomic E-state index is 11.9. The second-order valence-electron chi connectivity index (χ2n) is 4.79. The summed E-state index contributed by atoms with van der Waals surface area (Å²) in [5, 5.41) is 12.0. The van der Waals surface area contributed by atoms with E-state index in [1.54, 1.807) is 13.8 Å². The average molecular weight is 297 g/mol. The number of esters is 1. The molecule has 0 fully saturated rings. The van der Waals surface area contributed by atoms with Crippen molar-refractivity contribution in [3.8, 4) is 0 Å². The first kappa shape index (κ1) is 17.6. The Morgan fingerprint density at radius 1 is 1.29 bits per heavy atom. The van der Waals surface area contributed by atoms with Crippen molar-refractivity contribution in [1.82, 2.24) is 5.32 Å². The van der Waals surface area contributed by atoms with E-state index in [0.717, 1.165) is 5.56 Å². The zero-order valence-corrected chi connectivity index (χ0v) is 12.6. The van der Waals surface area contributed by atoms with E-state index in [1.807, 2.05) is 30.3 Å². The minimum absolute atomic E-state index is 0.0703. The van der Waals surface area contributed by atoms with Crippen LogP contribution in [0.1, 0.15) is 19.4 Å². The van der Waals surface area contributed by atoms with Crippen LogP contribution in [-0.2, 0) is 25.6 Å². The highest BCUT2D eigenvalue weighted by atomic mass is 16.6. The van der Waals surface area contributed by atoms with E-state index in [-0.39, 0.29) is 12.7 Å². The van der Waals surface area contributed by atoms with Crippen LogP contribution < -0.4 is 5.32 Å². The standard InChI is InChI=1S/C15H23NO5/c1-11(2)21-14(17)13(16-15(18)19-3)10-20-9-12-7-5-4-6-8-12/h4-8,11,13,15-16,18H,9-10H2,1-3H3/t13-,15?/m0/s1. The van der Waals surface area contributed by atoms with Crippen LogP contribution in [0.3, 0.4) is 0 Å². The number of ether oxygens (including phenoxy) is 3. The van der Waals surface area contributed by atoms with E-state index in [4.69, 9.17) is 9.47 Å². The molecule has 0 heterocycles. The molecule has 0 radical (unpaired) electrons. The first-order chi connectivity index (χ1) is 10.0. The highest BCUT2D eigenvalue weighted by Crippen LogP contribution is 2.03. The Morgan fingerprint density at radius 3 is 2.52 bits per heavy atom. The van der Waals surface area contributed by atoms with Gasteiger partial charge < -0.3 is 19.3 Å². The number of nitrogens with one attached hydrogen (secondary N) is 1. The van der Waals surface area contributed by atoms with E-state index >= 15 is 0 Å². The van der Waals surface area contributed by atoms with Gasteiger partial charge in [0.05, 0.1) is 19.3 Å². The monoisotopic (exact) mass is 297 g/mol. The van der Waals surface area contributed by atoms with E-state index in [0.29, 0.717) is 6.61 Å². The number of carbonyl (C=O) groups is 1. The van der Waals surface area contributed by atoms with Crippen LogP contribution in [0.15, 0.2) is 30.3 Å². The summed E-state index contributed by atoms with van der Waals surface area (Å²) in [7, 11) is 1.33. The van der Waals surface area contributed by atoms with Crippen LogP contribution >= 0.6 is 0 Å². The fraction of sp³-hybridized carbons (Fsp3) is 0.533. The topological polar surface area (TPSA) is 77.0 Å². The molecule has 0 bridgehead atoms. The Bertz CT molecular complexity index is 410. The first-order valence-electron chi connectivity index (χ1n) is 6.82. The number of hydrogen-bond donors (Lipinski definition) is 2. The molecule has 0 aliphatic rings. The maximum atomic E-state index is 11.9. The number of carbonyl (C=O) groups excluding carboxylic acids is 1. The molecule has 1 unspecified atom stereocenters. The maximum Gasteiger partial charge on any atom is 0.325 e. The van der Waals surface area contributed by atoms with Crippen molar-refractivity contribution >= 4 is 5.97 Å². The lowest BCUT2D eigenvalue weighted by Gasteiger charge is -2.21. The first-order valence-corrected chi connectivity index (χ1v) is 6.82. The van der Waals surface area contributed by atoms with Crippen LogP contribution in [0.25, 0.3) is 0 Å². The van der Waals surface area contributed by atoms with Crippen molar-refractivity contribution in [2.24, 2.45) is 0 Å². The fourth-order valence-electron chi connectivity index (χ4n) is 1.61. The van der Waals surface area contributed by atoms with Gasteiger partial charge in [0, 0.05) is 7.11 Å². The molecule has 0 amide bonds. The van der Waals surface area contributed by atoms with Crippen molar-refractivity contribution in [1.29, 1.82) is 0 Å². The lowest BCUT2D eigenvalue weighted by atomic mass is 10.2. The molecule has 0 saturated carbocycles. The molecule has 6 heteroatoms. The Morgan fingerprint density at radius 2 is 1.95 bits per heavy atom. The molecule has 2 atom stereocenters. The van der Waals surface area contributed by atoms with Gasteiger partial charge in [-0.25, -0.2) is 0 Å². The Labute approximate surface area is 125 Å². The van der Waals surface area contributed by atoms with Crippen LogP contribution in [-0.4, -0.2) is 43.4 Å². The lowest BCUT2D eigenvalue weighted by molar-refractivity contribution is -0.160. The summed E-state index contributed by atoms with van der Waals surface area (Å²) in [5.41, 5.74) is 1.00. The molecule has 118 valence electrons. The Kier molecular flexibility index (Phi) is 7.92. The van der Waals surface area contributed by atoms with Crippen LogP contribution in [0.4, 0.5) is 0 Å². The SMILES string of the molecule is COC(O)N[C@@H](COCc1ccccc1)C(=O)OC(C)C. The Balaban J connectivity index is 2.49. The largest absolute Gasteiger partial charge is 0.462 e. The van der Waals surface area contributed by atoms with Crippen molar-refractivity contribution < 1.29 is 24.1 Å². The van der Waals surface area contributed by atoms with Gasteiger partial charge in [0.25, 0.3) is 0 Å². The molecule has 2 N–H and O–H groups in total. The molecule has 21 heavy (non-hydrogen) atoms. The number of methoxy groups -OCH3 is 1. The third-order valence-corrected chi connectivity index (χ3v) is 2.60. The summed E-state index contributed by atoms with van der Waals surface area (Å²) in [4.78, 5) is 11.9. The van der Waals surface area contributed by atoms with Gasteiger partial charge in [0.1, 0.15) is 6.04 Å². The zero-order chi connectivity index (χ0) is 15.7. The molecular weight excluding hydrogens is 274 g/mol.